The van der Waals surface area contributed by atoms with E-state index in [4.69, 9.17) is 14.3 Å². The molecule has 0 aliphatic rings. The van der Waals surface area contributed by atoms with Gasteiger partial charge in [0.05, 0.1) is 13.2 Å². The number of rotatable bonds is 9. The van der Waals surface area contributed by atoms with Crippen molar-refractivity contribution in [1.82, 2.24) is 9.62 Å². The highest BCUT2D eigenvalue weighted by molar-refractivity contribution is 7.89. The minimum Gasteiger partial charge on any atom is -0.475 e. The second-order valence-corrected chi connectivity index (χ2v) is 6.39. The number of carboxylic acid groups (broad SMARTS) is 1. The van der Waals surface area contributed by atoms with Gasteiger partial charge in [-0.25, -0.2) is 17.9 Å². The van der Waals surface area contributed by atoms with Gasteiger partial charge < -0.3 is 19.2 Å². The third-order valence-electron chi connectivity index (χ3n) is 2.59. The SMILES string of the molecule is Cc1oc(C(=O)O)cc1S(=O)(=O)NCCOCCN(C)C. The van der Waals surface area contributed by atoms with Crippen molar-refractivity contribution in [2.75, 3.05) is 40.4 Å². The molecular formula is C12H20N2O6S. The van der Waals surface area contributed by atoms with E-state index >= 15 is 0 Å². The maximum absolute atomic E-state index is 12.0. The third kappa shape index (κ3) is 5.46. The second-order valence-electron chi connectivity index (χ2n) is 4.65. The van der Waals surface area contributed by atoms with Gasteiger partial charge in [0.25, 0.3) is 0 Å². The Hall–Kier alpha value is -1.42. The fourth-order valence-electron chi connectivity index (χ4n) is 1.51. The Morgan fingerprint density at radius 1 is 1.43 bits per heavy atom. The van der Waals surface area contributed by atoms with Crippen LogP contribution in [0.15, 0.2) is 15.4 Å². The number of hydrogen-bond donors (Lipinski definition) is 2. The van der Waals surface area contributed by atoms with Gasteiger partial charge in [0.2, 0.25) is 15.8 Å². The predicted octanol–water partition coefficient (Wildman–Crippen LogP) is 0.143. The molecule has 0 saturated heterocycles. The number of aryl methyl sites for hydroxylation is 1. The van der Waals surface area contributed by atoms with Gasteiger partial charge in [-0.05, 0) is 21.0 Å². The number of nitrogens with zero attached hydrogens (tertiary/aromatic N) is 1. The van der Waals surface area contributed by atoms with Crippen molar-refractivity contribution >= 4 is 16.0 Å². The van der Waals surface area contributed by atoms with Crippen LogP contribution in [0.2, 0.25) is 0 Å². The molecule has 1 heterocycles. The van der Waals surface area contributed by atoms with Crippen LogP contribution in [0.25, 0.3) is 0 Å². The van der Waals surface area contributed by atoms with Crippen molar-refractivity contribution in [1.29, 1.82) is 0 Å². The molecule has 0 aliphatic heterocycles. The molecule has 0 aliphatic carbocycles. The quantitative estimate of drug-likeness (QED) is 0.623. The highest BCUT2D eigenvalue weighted by Gasteiger charge is 2.23. The van der Waals surface area contributed by atoms with Gasteiger partial charge >= 0.3 is 5.97 Å². The first-order valence-corrected chi connectivity index (χ1v) is 7.78. The number of carboxylic acids is 1. The van der Waals surface area contributed by atoms with E-state index in [9.17, 15) is 13.2 Å². The largest absolute Gasteiger partial charge is 0.475 e. The van der Waals surface area contributed by atoms with Crippen molar-refractivity contribution in [3.8, 4) is 0 Å². The first-order chi connectivity index (χ1) is 9.74. The lowest BCUT2D eigenvalue weighted by Gasteiger charge is -2.10. The molecule has 0 bridgehead atoms. The summed E-state index contributed by atoms with van der Waals surface area (Å²) in [6, 6.07) is 0.993. The highest BCUT2D eigenvalue weighted by atomic mass is 32.2. The molecule has 0 saturated carbocycles. The topological polar surface area (TPSA) is 109 Å². The van der Waals surface area contributed by atoms with Gasteiger partial charge in [-0.1, -0.05) is 0 Å². The van der Waals surface area contributed by atoms with E-state index in [1.165, 1.54) is 6.92 Å². The maximum atomic E-state index is 12.0. The smallest absolute Gasteiger partial charge is 0.371 e. The van der Waals surface area contributed by atoms with Crippen LogP contribution >= 0.6 is 0 Å². The van der Waals surface area contributed by atoms with Gasteiger partial charge in [0.15, 0.2) is 0 Å². The summed E-state index contributed by atoms with van der Waals surface area (Å²) in [5, 5.41) is 8.77. The van der Waals surface area contributed by atoms with Crippen LogP contribution in [0.5, 0.6) is 0 Å². The van der Waals surface area contributed by atoms with Crippen LogP contribution in [0.4, 0.5) is 0 Å². The average molecular weight is 320 g/mol. The van der Waals surface area contributed by atoms with Crippen molar-refractivity contribution in [3.63, 3.8) is 0 Å². The van der Waals surface area contributed by atoms with E-state index in [2.05, 4.69) is 4.72 Å². The van der Waals surface area contributed by atoms with Crippen LogP contribution in [-0.4, -0.2) is 64.8 Å². The molecule has 0 atom stereocenters. The summed E-state index contributed by atoms with van der Waals surface area (Å²) >= 11 is 0. The zero-order valence-corrected chi connectivity index (χ0v) is 13.1. The maximum Gasteiger partial charge on any atom is 0.371 e. The van der Waals surface area contributed by atoms with Crippen LogP contribution in [0, 0.1) is 6.92 Å². The normalized spacial score (nSPS) is 12.0. The zero-order chi connectivity index (χ0) is 16.0. The zero-order valence-electron chi connectivity index (χ0n) is 12.2. The summed E-state index contributed by atoms with van der Waals surface area (Å²) in [6.07, 6.45) is 0. The number of sulfonamides is 1. The van der Waals surface area contributed by atoms with Crippen molar-refractivity contribution < 1.29 is 27.5 Å². The fraction of sp³-hybridized carbons (Fsp3) is 0.583. The molecule has 21 heavy (non-hydrogen) atoms. The molecule has 0 unspecified atom stereocenters. The van der Waals surface area contributed by atoms with Crippen LogP contribution in [0.3, 0.4) is 0 Å². The molecule has 2 N–H and O–H groups in total. The number of hydrogen-bond acceptors (Lipinski definition) is 6. The number of ether oxygens (including phenoxy) is 1. The number of furan rings is 1. The fourth-order valence-corrected chi connectivity index (χ4v) is 2.70. The molecule has 0 spiro atoms. The summed E-state index contributed by atoms with van der Waals surface area (Å²) in [7, 11) is 0.0163. The Labute approximate surface area is 123 Å². The average Bonchev–Trinajstić information content (AvgIpc) is 2.76. The van der Waals surface area contributed by atoms with Crippen LogP contribution in [0.1, 0.15) is 16.3 Å². The summed E-state index contributed by atoms with van der Waals surface area (Å²) in [4.78, 5) is 12.5. The molecule has 0 fully saturated rings. The van der Waals surface area contributed by atoms with Crippen LogP contribution in [-0.2, 0) is 14.8 Å². The monoisotopic (exact) mass is 320 g/mol. The third-order valence-corrected chi connectivity index (χ3v) is 4.16. The van der Waals surface area contributed by atoms with Crippen molar-refractivity contribution in [3.05, 3.63) is 17.6 Å². The molecular weight excluding hydrogens is 300 g/mol. The molecule has 1 aromatic heterocycles. The predicted molar refractivity (Wildman–Crippen MR) is 75.0 cm³/mol. The number of carbonyl (C=O) groups is 1. The van der Waals surface area contributed by atoms with Gasteiger partial charge in [-0.3, -0.25) is 0 Å². The van der Waals surface area contributed by atoms with E-state index in [0.29, 0.717) is 6.61 Å². The van der Waals surface area contributed by atoms with Gasteiger partial charge in [-0.15, -0.1) is 0 Å². The van der Waals surface area contributed by atoms with E-state index < -0.39 is 21.8 Å². The van der Waals surface area contributed by atoms with Gasteiger partial charge in [-0.2, -0.15) is 0 Å². The molecule has 0 radical (unpaired) electrons. The Morgan fingerprint density at radius 2 is 2.10 bits per heavy atom. The Balaban J connectivity index is 2.52. The molecule has 0 amide bonds. The van der Waals surface area contributed by atoms with Gasteiger partial charge in [0, 0.05) is 19.2 Å². The molecule has 1 aromatic rings. The summed E-state index contributed by atoms with van der Waals surface area (Å²) in [5.41, 5.74) is 0. The van der Waals surface area contributed by atoms with Crippen molar-refractivity contribution in [2.45, 2.75) is 11.8 Å². The molecule has 120 valence electrons. The Bertz CT molecular complexity index is 579. The lowest BCUT2D eigenvalue weighted by Crippen LogP contribution is -2.28. The summed E-state index contributed by atoms with van der Waals surface area (Å²) < 4.78 is 36.5. The lowest BCUT2D eigenvalue weighted by atomic mass is 10.4. The van der Waals surface area contributed by atoms with Crippen LogP contribution < -0.4 is 4.72 Å². The molecule has 8 nitrogen and oxygen atoms in total. The second kappa shape index (κ2) is 7.55. The lowest BCUT2D eigenvalue weighted by molar-refractivity contribution is 0.0661. The summed E-state index contributed by atoms with van der Waals surface area (Å²) in [5.74, 6) is -1.69. The highest BCUT2D eigenvalue weighted by Crippen LogP contribution is 2.19. The van der Waals surface area contributed by atoms with E-state index in [-0.39, 0.29) is 23.8 Å². The first-order valence-electron chi connectivity index (χ1n) is 6.30. The van der Waals surface area contributed by atoms with Crippen molar-refractivity contribution in [2.24, 2.45) is 0 Å². The molecule has 1 rings (SSSR count). The Morgan fingerprint density at radius 3 is 2.62 bits per heavy atom. The standard InChI is InChI=1S/C12H20N2O6S/c1-9-11(8-10(20-9)12(15)16)21(17,18)13-4-6-19-7-5-14(2)3/h8,13H,4-7H2,1-3H3,(H,15,16). The first kappa shape index (κ1) is 17.6. The Kier molecular flexibility index (Phi) is 6.34. The number of nitrogens with one attached hydrogen (secondary N) is 1. The number of aromatic carboxylic acids is 1. The number of likely N-dealkylation sites (N-methyl/N-ethyl adjacent to an activating group) is 1. The summed E-state index contributed by atoms with van der Waals surface area (Å²) in [6.45, 7) is 2.98. The van der Waals surface area contributed by atoms with Gasteiger partial charge in [0.1, 0.15) is 10.7 Å². The van der Waals surface area contributed by atoms with E-state index in [1.807, 2.05) is 19.0 Å². The van der Waals surface area contributed by atoms with E-state index in [0.717, 1.165) is 12.6 Å². The molecule has 9 heteroatoms. The van der Waals surface area contributed by atoms with E-state index in [1.54, 1.807) is 0 Å². The minimum absolute atomic E-state index is 0.0356. The molecule has 0 aromatic carbocycles. The minimum atomic E-state index is -3.80.